The molecule has 2 aromatic carbocycles. The van der Waals surface area contributed by atoms with Crippen LogP contribution < -0.4 is 4.72 Å². The minimum Gasteiger partial charge on any atom is -0.465 e. The Morgan fingerprint density at radius 2 is 1.87 bits per heavy atom. The van der Waals surface area contributed by atoms with Gasteiger partial charge in [-0.05, 0) is 36.1 Å². The third-order valence-electron chi connectivity index (χ3n) is 4.64. The molecule has 1 heterocycles. The van der Waals surface area contributed by atoms with Crippen LogP contribution in [0.2, 0.25) is 0 Å². The second-order valence-corrected chi connectivity index (χ2v) is 8.85. The van der Waals surface area contributed by atoms with Crippen LogP contribution in [0.25, 0.3) is 11.4 Å². The van der Waals surface area contributed by atoms with Crippen molar-refractivity contribution in [3.8, 4) is 11.4 Å². The third-order valence-corrected chi connectivity index (χ3v) is 6.04. The van der Waals surface area contributed by atoms with E-state index in [1.807, 2.05) is 24.3 Å². The number of sulfonamides is 1. The van der Waals surface area contributed by atoms with Crippen LogP contribution in [0.4, 0.5) is 0 Å². The van der Waals surface area contributed by atoms with Gasteiger partial charge in [0.25, 0.3) is 0 Å². The third kappa shape index (κ3) is 4.74. The number of aromatic nitrogens is 2. The van der Waals surface area contributed by atoms with Crippen LogP contribution in [-0.4, -0.2) is 31.6 Å². The summed E-state index contributed by atoms with van der Waals surface area (Å²) in [5.41, 5.74) is 2.77. The molecule has 0 aliphatic heterocycles. The summed E-state index contributed by atoms with van der Waals surface area (Å²) in [6, 6.07) is 12.0. The van der Waals surface area contributed by atoms with E-state index in [1.54, 1.807) is 13.0 Å². The number of nitrogens with zero attached hydrogens (tertiary/aromatic N) is 2. The molecule has 3 aromatic rings. The highest BCUT2D eigenvalue weighted by molar-refractivity contribution is 7.89. The van der Waals surface area contributed by atoms with Gasteiger partial charge < -0.3 is 9.26 Å². The first kappa shape index (κ1) is 21.7. The maximum Gasteiger partial charge on any atom is 0.338 e. The molecule has 30 heavy (non-hydrogen) atoms. The normalized spacial score (nSPS) is 11.6. The number of hydrogen-bond donors (Lipinski definition) is 1. The molecule has 0 bridgehead atoms. The van der Waals surface area contributed by atoms with E-state index in [-0.39, 0.29) is 22.9 Å². The van der Waals surface area contributed by atoms with E-state index in [4.69, 9.17) is 9.26 Å². The lowest BCUT2D eigenvalue weighted by Crippen LogP contribution is -2.24. The predicted molar refractivity (Wildman–Crippen MR) is 110 cm³/mol. The molecule has 0 fully saturated rings. The Labute approximate surface area is 175 Å². The Bertz CT molecular complexity index is 1150. The number of ether oxygens (including phenoxy) is 1. The van der Waals surface area contributed by atoms with Gasteiger partial charge in [0.05, 0.1) is 24.1 Å². The topological polar surface area (TPSA) is 111 Å². The molecular weight excluding hydrogens is 406 g/mol. The van der Waals surface area contributed by atoms with E-state index in [9.17, 15) is 13.2 Å². The van der Waals surface area contributed by atoms with Crippen LogP contribution in [0.3, 0.4) is 0 Å². The van der Waals surface area contributed by atoms with Gasteiger partial charge in [-0.1, -0.05) is 49.3 Å². The molecule has 3 rings (SSSR count). The monoisotopic (exact) mass is 429 g/mol. The Hall–Kier alpha value is -3.04. The van der Waals surface area contributed by atoms with Gasteiger partial charge in [-0.2, -0.15) is 4.98 Å². The number of carbonyl (C=O) groups is 1. The number of carbonyl (C=O) groups excluding carboxylic acids is 1. The summed E-state index contributed by atoms with van der Waals surface area (Å²) in [6.07, 6.45) is 0. The molecule has 0 amide bonds. The fourth-order valence-electron chi connectivity index (χ4n) is 2.80. The number of nitrogens with one attached hydrogen (secondary N) is 1. The van der Waals surface area contributed by atoms with Crippen molar-refractivity contribution in [3.63, 3.8) is 0 Å². The van der Waals surface area contributed by atoms with E-state index in [1.165, 1.54) is 24.8 Å². The summed E-state index contributed by atoms with van der Waals surface area (Å²) >= 11 is 0. The zero-order chi connectivity index (χ0) is 21.9. The number of esters is 1. The van der Waals surface area contributed by atoms with E-state index in [0.717, 1.165) is 5.56 Å². The minimum atomic E-state index is -3.90. The zero-order valence-corrected chi connectivity index (χ0v) is 18.0. The van der Waals surface area contributed by atoms with Crippen molar-refractivity contribution in [2.75, 3.05) is 7.11 Å². The predicted octanol–water partition coefficient (Wildman–Crippen LogP) is 3.43. The van der Waals surface area contributed by atoms with Gasteiger partial charge in [0.15, 0.2) is 0 Å². The van der Waals surface area contributed by atoms with Crippen molar-refractivity contribution in [3.05, 3.63) is 65.0 Å². The number of hydrogen-bond acceptors (Lipinski definition) is 7. The summed E-state index contributed by atoms with van der Waals surface area (Å²) in [5.74, 6) is 0.315. The number of benzene rings is 2. The molecule has 0 spiro atoms. The number of methoxy groups -OCH3 is 1. The van der Waals surface area contributed by atoms with Crippen molar-refractivity contribution in [2.24, 2.45) is 0 Å². The van der Waals surface area contributed by atoms with Crippen LogP contribution >= 0.6 is 0 Å². The molecule has 0 aliphatic carbocycles. The standard InChI is InChI=1S/C21H23N3O5S/c1-13(2)15-6-8-16(9-7-15)20-23-19(29-24-20)12-22-30(26,27)17-10-5-14(3)18(11-17)21(25)28-4/h5-11,13,22H,12H2,1-4H3. The van der Waals surface area contributed by atoms with Gasteiger partial charge >= 0.3 is 5.97 Å². The van der Waals surface area contributed by atoms with Crippen LogP contribution in [0, 0.1) is 6.92 Å². The Balaban J connectivity index is 1.73. The summed E-state index contributed by atoms with van der Waals surface area (Å²) < 4.78 is 37.5. The minimum absolute atomic E-state index is 0.0579. The molecule has 1 aromatic heterocycles. The molecule has 0 saturated carbocycles. The van der Waals surface area contributed by atoms with Crippen molar-refractivity contribution in [1.82, 2.24) is 14.9 Å². The molecule has 0 atom stereocenters. The smallest absolute Gasteiger partial charge is 0.338 e. The molecule has 8 nitrogen and oxygen atoms in total. The average Bonchev–Trinajstić information content (AvgIpc) is 3.21. The lowest BCUT2D eigenvalue weighted by Gasteiger charge is -2.08. The van der Waals surface area contributed by atoms with Crippen molar-refractivity contribution in [1.29, 1.82) is 0 Å². The Morgan fingerprint density at radius 1 is 1.17 bits per heavy atom. The van der Waals surface area contributed by atoms with E-state index >= 15 is 0 Å². The van der Waals surface area contributed by atoms with Crippen LogP contribution in [0.1, 0.15) is 47.1 Å². The lowest BCUT2D eigenvalue weighted by atomic mass is 10.0. The maximum atomic E-state index is 12.6. The lowest BCUT2D eigenvalue weighted by molar-refractivity contribution is 0.0599. The van der Waals surface area contributed by atoms with Gasteiger partial charge in [-0.15, -0.1) is 0 Å². The number of rotatable bonds is 7. The van der Waals surface area contributed by atoms with Gasteiger partial charge in [0.2, 0.25) is 21.7 Å². The molecule has 0 unspecified atom stereocenters. The highest BCUT2D eigenvalue weighted by Gasteiger charge is 2.19. The second-order valence-electron chi connectivity index (χ2n) is 7.08. The van der Waals surface area contributed by atoms with Gasteiger partial charge in [0.1, 0.15) is 0 Å². The van der Waals surface area contributed by atoms with Crippen LogP contribution in [0.5, 0.6) is 0 Å². The van der Waals surface area contributed by atoms with Crippen molar-refractivity contribution in [2.45, 2.75) is 38.1 Å². The summed E-state index contributed by atoms with van der Waals surface area (Å²) in [5, 5.41) is 3.91. The molecule has 0 aliphatic rings. The molecule has 0 saturated heterocycles. The second kappa shape index (κ2) is 8.76. The molecular formula is C21H23N3O5S. The van der Waals surface area contributed by atoms with Crippen molar-refractivity contribution >= 4 is 16.0 Å². The van der Waals surface area contributed by atoms with Gasteiger partial charge in [-0.3, -0.25) is 0 Å². The summed E-state index contributed by atoms with van der Waals surface area (Å²) in [7, 11) is -2.65. The van der Waals surface area contributed by atoms with Gasteiger partial charge in [0, 0.05) is 5.56 Å². The summed E-state index contributed by atoms with van der Waals surface area (Å²) in [6.45, 7) is 5.73. The van der Waals surface area contributed by atoms with Crippen LogP contribution in [0.15, 0.2) is 51.9 Å². The van der Waals surface area contributed by atoms with Crippen LogP contribution in [-0.2, 0) is 21.3 Å². The Morgan fingerprint density at radius 3 is 2.50 bits per heavy atom. The highest BCUT2D eigenvalue weighted by atomic mass is 32.2. The first-order valence-corrected chi connectivity index (χ1v) is 10.8. The first-order chi connectivity index (χ1) is 14.2. The average molecular weight is 429 g/mol. The van der Waals surface area contributed by atoms with Gasteiger partial charge in [-0.25, -0.2) is 17.9 Å². The molecule has 0 radical (unpaired) electrons. The summed E-state index contributed by atoms with van der Waals surface area (Å²) in [4.78, 5) is 16.0. The Kier molecular flexibility index (Phi) is 6.33. The van der Waals surface area contributed by atoms with Crippen molar-refractivity contribution < 1.29 is 22.5 Å². The fourth-order valence-corrected chi connectivity index (χ4v) is 3.80. The fraction of sp³-hybridized carbons (Fsp3) is 0.286. The quantitative estimate of drug-likeness (QED) is 0.573. The first-order valence-electron chi connectivity index (χ1n) is 9.33. The van der Waals surface area contributed by atoms with E-state index in [2.05, 4.69) is 28.7 Å². The number of aryl methyl sites for hydroxylation is 1. The van der Waals surface area contributed by atoms with E-state index in [0.29, 0.717) is 17.3 Å². The zero-order valence-electron chi connectivity index (χ0n) is 17.2. The maximum absolute atomic E-state index is 12.6. The highest BCUT2D eigenvalue weighted by Crippen LogP contribution is 2.21. The largest absolute Gasteiger partial charge is 0.465 e. The molecule has 158 valence electrons. The van der Waals surface area contributed by atoms with E-state index < -0.39 is 16.0 Å². The molecule has 9 heteroatoms. The SMILES string of the molecule is COC(=O)c1cc(S(=O)(=O)NCc2nc(-c3ccc(C(C)C)cc3)no2)ccc1C. The molecule has 1 N–H and O–H groups in total.